The van der Waals surface area contributed by atoms with Gasteiger partial charge >= 0.3 is 0 Å². The summed E-state index contributed by atoms with van der Waals surface area (Å²) in [6.45, 7) is -0.0997. The van der Waals surface area contributed by atoms with Crippen LogP contribution >= 0.6 is 11.3 Å². The molecule has 0 radical (unpaired) electrons. The number of hydrogen-bond acceptors (Lipinski definition) is 6. The number of rotatable bonds is 5. The normalized spacial score (nSPS) is 22.6. The highest BCUT2D eigenvalue weighted by molar-refractivity contribution is 7.91. The molecule has 1 amide bonds. The predicted molar refractivity (Wildman–Crippen MR) is 77.1 cm³/mol. The second kappa shape index (κ2) is 6.21. The fourth-order valence-corrected chi connectivity index (χ4v) is 4.82. The van der Waals surface area contributed by atoms with Crippen LogP contribution in [0, 0.1) is 0 Å². The van der Waals surface area contributed by atoms with E-state index in [-0.39, 0.29) is 36.6 Å². The molecule has 1 aromatic rings. The van der Waals surface area contributed by atoms with E-state index in [0.29, 0.717) is 6.42 Å². The van der Waals surface area contributed by atoms with Crippen molar-refractivity contribution < 1.29 is 18.3 Å². The Balaban J connectivity index is 2.14. The maximum absolute atomic E-state index is 12.4. The number of aliphatic hydroxyl groups excluding tert-OH is 1. The minimum Gasteiger partial charge on any atom is -0.395 e. The predicted octanol–water partition coefficient (Wildman–Crippen LogP) is -0.244. The highest BCUT2D eigenvalue weighted by Gasteiger charge is 2.36. The van der Waals surface area contributed by atoms with Gasteiger partial charge in [-0.15, -0.1) is 11.3 Å². The molecule has 0 saturated carbocycles. The first-order valence-electron chi connectivity index (χ1n) is 6.35. The van der Waals surface area contributed by atoms with Crippen LogP contribution in [0.1, 0.15) is 17.3 Å². The van der Waals surface area contributed by atoms with E-state index >= 15 is 0 Å². The van der Waals surface area contributed by atoms with Crippen LogP contribution in [0.25, 0.3) is 0 Å². The molecule has 3 N–H and O–H groups in total. The Hall–Kier alpha value is -0.960. The van der Waals surface area contributed by atoms with Gasteiger partial charge in [0.1, 0.15) is 6.04 Å². The van der Waals surface area contributed by atoms with Gasteiger partial charge in [0.05, 0.1) is 18.1 Å². The van der Waals surface area contributed by atoms with Crippen LogP contribution in [-0.4, -0.2) is 55.0 Å². The summed E-state index contributed by atoms with van der Waals surface area (Å²) in [5.74, 6) is -0.291. The summed E-state index contributed by atoms with van der Waals surface area (Å²) in [6.07, 6.45) is 0.408. The van der Waals surface area contributed by atoms with Crippen LogP contribution in [0.5, 0.6) is 0 Å². The Labute approximate surface area is 122 Å². The smallest absolute Gasteiger partial charge is 0.245 e. The first-order valence-corrected chi connectivity index (χ1v) is 9.05. The van der Waals surface area contributed by atoms with E-state index in [1.807, 2.05) is 11.4 Å². The average molecular weight is 318 g/mol. The zero-order chi connectivity index (χ0) is 14.8. The lowest BCUT2D eigenvalue weighted by atomic mass is 10.1. The second-order valence-corrected chi connectivity index (χ2v) is 8.01. The third kappa shape index (κ3) is 3.38. The van der Waals surface area contributed by atoms with Crippen molar-refractivity contribution in [1.82, 2.24) is 4.90 Å². The second-order valence-electron chi connectivity index (χ2n) is 4.81. The van der Waals surface area contributed by atoms with Gasteiger partial charge in [-0.1, -0.05) is 6.07 Å². The van der Waals surface area contributed by atoms with Gasteiger partial charge in [-0.05, 0) is 17.9 Å². The number of carbonyl (C=O) groups excluding carboxylic acids is 1. The highest BCUT2D eigenvalue weighted by atomic mass is 32.2. The number of carbonyl (C=O) groups is 1. The summed E-state index contributed by atoms with van der Waals surface area (Å²) in [5, 5.41) is 10.9. The number of hydrogen-bond donors (Lipinski definition) is 2. The topological polar surface area (TPSA) is 101 Å². The third-order valence-corrected chi connectivity index (χ3v) is 6.09. The van der Waals surface area contributed by atoms with Crippen molar-refractivity contribution in [3.05, 3.63) is 22.4 Å². The average Bonchev–Trinajstić information content (AvgIpc) is 3.03. The number of nitrogens with two attached hydrogens (primary N) is 1. The molecule has 8 heteroatoms. The van der Waals surface area contributed by atoms with Gasteiger partial charge in [-0.25, -0.2) is 8.42 Å². The van der Waals surface area contributed by atoms with Crippen LogP contribution in [-0.2, 0) is 14.6 Å². The van der Waals surface area contributed by atoms with Crippen molar-refractivity contribution >= 4 is 27.1 Å². The highest BCUT2D eigenvalue weighted by Crippen LogP contribution is 2.23. The van der Waals surface area contributed by atoms with Crippen LogP contribution in [0.2, 0.25) is 0 Å². The molecule has 2 unspecified atom stereocenters. The fraction of sp³-hybridized carbons (Fsp3) is 0.583. The van der Waals surface area contributed by atoms with E-state index in [1.165, 1.54) is 16.2 Å². The summed E-state index contributed by atoms with van der Waals surface area (Å²) < 4.78 is 23.1. The number of sulfone groups is 1. The van der Waals surface area contributed by atoms with E-state index in [4.69, 9.17) is 10.8 Å². The van der Waals surface area contributed by atoms with E-state index in [0.717, 1.165) is 4.88 Å². The molecule has 6 nitrogen and oxygen atoms in total. The molecule has 0 bridgehead atoms. The Bertz CT molecular complexity index is 556. The summed E-state index contributed by atoms with van der Waals surface area (Å²) in [4.78, 5) is 14.6. The monoisotopic (exact) mass is 318 g/mol. The Kier molecular flexibility index (Phi) is 4.79. The molecule has 1 aromatic heterocycles. The molecule has 1 aliphatic heterocycles. The number of aliphatic hydroxyl groups is 1. The fourth-order valence-electron chi connectivity index (χ4n) is 2.37. The van der Waals surface area contributed by atoms with Crippen molar-refractivity contribution in [1.29, 1.82) is 0 Å². The van der Waals surface area contributed by atoms with Crippen molar-refractivity contribution in [2.24, 2.45) is 5.73 Å². The quantitative estimate of drug-likeness (QED) is 0.780. The minimum atomic E-state index is -3.09. The lowest BCUT2D eigenvalue weighted by Gasteiger charge is -2.29. The van der Waals surface area contributed by atoms with Crippen LogP contribution in [0.15, 0.2) is 17.5 Å². The molecule has 112 valence electrons. The molecule has 2 rings (SSSR count). The molecule has 1 fully saturated rings. The van der Waals surface area contributed by atoms with Gasteiger partial charge < -0.3 is 15.7 Å². The van der Waals surface area contributed by atoms with Gasteiger partial charge in [0, 0.05) is 17.5 Å². The number of thiophene rings is 1. The van der Waals surface area contributed by atoms with Gasteiger partial charge in [-0.2, -0.15) is 0 Å². The third-order valence-electron chi connectivity index (χ3n) is 3.39. The molecular formula is C12H18N2O4S2. The molecule has 20 heavy (non-hydrogen) atoms. The molecule has 2 atom stereocenters. The summed E-state index contributed by atoms with van der Waals surface area (Å²) >= 11 is 1.38. The van der Waals surface area contributed by atoms with Crippen molar-refractivity contribution in [2.75, 3.05) is 24.7 Å². The molecule has 0 aliphatic carbocycles. The summed E-state index contributed by atoms with van der Waals surface area (Å²) in [7, 11) is -3.09. The van der Waals surface area contributed by atoms with E-state index in [9.17, 15) is 13.2 Å². The molecule has 0 spiro atoms. The maximum atomic E-state index is 12.4. The first-order chi connectivity index (χ1) is 9.44. The summed E-state index contributed by atoms with van der Waals surface area (Å²) in [6, 6.07) is 2.40. The van der Waals surface area contributed by atoms with E-state index < -0.39 is 15.9 Å². The lowest BCUT2D eigenvalue weighted by molar-refractivity contribution is -0.135. The van der Waals surface area contributed by atoms with Crippen LogP contribution < -0.4 is 5.73 Å². The molecule has 1 aliphatic rings. The lowest BCUT2D eigenvalue weighted by Crippen LogP contribution is -2.46. The standard InChI is InChI=1S/C12H18N2O4S2/c13-11(10-2-1-6-19-10)12(16)14(4-5-15)9-3-7-20(17,18)8-9/h1-2,6,9,11,15H,3-5,7-8,13H2. The van der Waals surface area contributed by atoms with Gasteiger partial charge in [0.25, 0.3) is 0 Å². The van der Waals surface area contributed by atoms with E-state index in [2.05, 4.69) is 0 Å². The van der Waals surface area contributed by atoms with Crippen LogP contribution in [0.3, 0.4) is 0 Å². The molecule has 2 heterocycles. The first kappa shape index (κ1) is 15.4. The number of amides is 1. The van der Waals surface area contributed by atoms with Gasteiger partial charge in [0.2, 0.25) is 5.91 Å². The minimum absolute atomic E-state index is 0.0457. The van der Waals surface area contributed by atoms with Crippen LogP contribution in [0.4, 0.5) is 0 Å². The van der Waals surface area contributed by atoms with E-state index in [1.54, 1.807) is 6.07 Å². The van der Waals surface area contributed by atoms with Crippen molar-refractivity contribution in [3.8, 4) is 0 Å². The van der Waals surface area contributed by atoms with Crippen molar-refractivity contribution in [3.63, 3.8) is 0 Å². The SMILES string of the molecule is NC(C(=O)N(CCO)C1CCS(=O)(=O)C1)c1cccs1. The number of nitrogens with zero attached hydrogens (tertiary/aromatic N) is 1. The van der Waals surface area contributed by atoms with Gasteiger partial charge in [-0.3, -0.25) is 4.79 Å². The Morgan fingerprint density at radius 1 is 1.60 bits per heavy atom. The summed E-state index contributed by atoms with van der Waals surface area (Å²) in [5.41, 5.74) is 5.94. The zero-order valence-electron chi connectivity index (χ0n) is 10.9. The maximum Gasteiger partial charge on any atom is 0.245 e. The molecule has 1 saturated heterocycles. The van der Waals surface area contributed by atoms with Crippen molar-refractivity contribution in [2.45, 2.75) is 18.5 Å². The molecular weight excluding hydrogens is 300 g/mol. The largest absolute Gasteiger partial charge is 0.395 e. The molecule has 0 aromatic carbocycles. The van der Waals surface area contributed by atoms with Gasteiger partial charge in [0.15, 0.2) is 9.84 Å². The Morgan fingerprint density at radius 2 is 2.35 bits per heavy atom. The zero-order valence-corrected chi connectivity index (χ0v) is 12.6. The Morgan fingerprint density at radius 3 is 2.85 bits per heavy atom.